The Kier molecular flexibility index (Phi) is 5.68. The van der Waals surface area contributed by atoms with E-state index in [1.54, 1.807) is 19.2 Å². The monoisotopic (exact) mass is 372 g/mol. The molecule has 1 atom stereocenters. The number of amides is 2. The zero-order valence-electron chi connectivity index (χ0n) is 14.6. The fraction of sp³-hybridized carbons (Fsp3) is 0.263. The Morgan fingerprint density at radius 2 is 2.00 bits per heavy atom. The Balaban J connectivity index is 1.54. The maximum Gasteiger partial charge on any atom is 0.251 e. The summed E-state index contributed by atoms with van der Waals surface area (Å²) in [7, 11) is 1.58. The van der Waals surface area contributed by atoms with Crippen LogP contribution in [0.3, 0.4) is 0 Å². The molecule has 7 heteroatoms. The number of rotatable bonds is 6. The second-order valence-electron chi connectivity index (χ2n) is 5.72. The number of hydrogen-bond acceptors (Lipinski definition) is 5. The van der Waals surface area contributed by atoms with Crippen LogP contribution in [0.1, 0.15) is 17.3 Å². The van der Waals surface area contributed by atoms with Crippen molar-refractivity contribution in [1.82, 2.24) is 5.32 Å². The number of ether oxygens (including phenoxy) is 2. The van der Waals surface area contributed by atoms with E-state index in [1.807, 2.05) is 37.3 Å². The van der Waals surface area contributed by atoms with Gasteiger partial charge in [0.15, 0.2) is 11.5 Å². The van der Waals surface area contributed by atoms with Crippen LogP contribution in [0.15, 0.2) is 47.4 Å². The van der Waals surface area contributed by atoms with Crippen molar-refractivity contribution in [2.75, 3.05) is 25.6 Å². The van der Waals surface area contributed by atoms with Gasteiger partial charge in [-0.15, -0.1) is 11.8 Å². The smallest absolute Gasteiger partial charge is 0.251 e. The number of fused-ring (bicyclic) bond motifs is 1. The third-order valence-corrected chi connectivity index (χ3v) is 5.06. The number of para-hydroxylation sites is 2. The highest BCUT2D eigenvalue weighted by atomic mass is 32.2. The highest BCUT2D eigenvalue weighted by molar-refractivity contribution is 8.00. The van der Waals surface area contributed by atoms with Gasteiger partial charge in [0.05, 0.1) is 24.6 Å². The quantitative estimate of drug-likeness (QED) is 0.763. The molecule has 136 valence electrons. The number of anilines is 1. The molecule has 0 bridgehead atoms. The lowest BCUT2D eigenvalue weighted by atomic mass is 10.1. The van der Waals surface area contributed by atoms with Crippen LogP contribution >= 0.6 is 11.8 Å². The van der Waals surface area contributed by atoms with Crippen LogP contribution in [0.2, 0.25) is 0 Å². The topological polar surface area (TPSA) is 76.7 Å². The first kappa shape index (κ1) is 18.1. The minimum atomic E-state index is -0.214. The van der Waals surface area contributed by atoms with E-state index in [0.717, 1.165) is 4.90 Å². The van der Waals surface area contributed by atoms with Crippen molar-refractivity contribution in [1.29, 1.82) is 0 Å². The number of nitrogens with one attached hydrogen (secondary N) is 2. The number of carbonyl (C=O) groups excluding carboxylic acids is 2. The van der Waals surface area contributed by atoms with Gasteiger partial charge in [-0.25, -0.2) is 0 Å². The number of thioether (sulfide) groups is 1. The first-order chi connectivity index (χ1) is 12.6. The molecule has 1 unspecified atom stereocenters. The summed E-state index contributed by atoms with van der Waals surface area (Å²) in [5.74, 6) is 1.02. The van der Waals surface area contributed by atoms with Crippen molar-refractivity contribution < 1.29 is 19.1 Å². The lowest BCUT2D eigenvalue weighted by Crippen LogP contribution is -2.29. The Bertz CT molecular complexity index is 825. The van der Waals surface area contributed by atoms with Gasteiger partial charge >= 0.3 is 0 Å². The van der Waals surface area contributed by atoms with Crippen LogP contribution in [0.4, 0.5) is 5.69 Å². The second-order valence-corrected chi connectivity index (χ2v) is 7.10. The molecule has 0 saturated carbocycles. The summed E-state index contributed by atoms with van der Waals surface area (Å²) in [6.07, 6.45) is 0. The summed E-state index contributed by atoms with van der Waals surface area (Å²) >= 11 is 1.49. The molecule has 0 aromatic heterocycles. The maximum atomic E-state index is 12.3. The minimum Gasteiger partial charge on any atom is -0.493 e. The van der Waals surface area contributed by atoms with Gasteiger partial charge in [-0.1, -0.05) is 12.1 Å². The predicted molar refractivity (Wildman–Crippen MR) is 101 cm³/mol. The molecule has 2 amide bonds. The van der Waals surface area contributed by atoms with Crippen molar-refractivity contribution in [3.8, 4) is 11.5 Å². The first-order valence-corrected chi connectivity index (χ1v) is 9.12. The molecule has 1 aliphatic heterocycles. The fourth-order valence-corrected chi connectivity index (χ4v) is 3.45. The molecule has 0 aliphatic carbocycles. The third-order valence-electron chi connectivity index (χ3n) is 3.89. The lowest BCUT2D eigenvalue weighted by molar-refractivity contribution is -0.115. The Hall–Kier alpha value is -2.67. The molecule has 0 radical (unpaired) electrons. The van der Waals surface area contributed by atoms with Gasteiger partial charge in [-0.3, -0.25) is 9.59 Å². The van der Waals surface area contributed by atoms with Gasteiger partial charge in [0.1, 0.15) is 6.61 Å². The number of benzene rings is 2. The average Bonchev–Trinajstić information content (AvgIpc) is 2.66. The average molecular weight is 372 g/mol. The molecule has 2 aromatic rings. The van der Waals surface area contributed by atoms with E-state index in [1.165, 1.54) is 11.8 Å². The predicted octanol–water partition coefficient (Wildman–Crippen LogP) is 2.94. The number of carbonyl (C=O) groups is 2. The van der Waals surface area contributed by atoms with E-state index in [-0.39, 0.29) is 17.1 Å². The lowest BCUT2D eigenvalue weighted by Gasteiger charge is -2.21. The summed E-state index contributed by atoms with van der Waals surface area (Å²) in [5, 5.41) is 5.51. The number of hydrogen-bond donors (Lipinski definition) is 2. The summed E-state index contributed by atoms with van der Waals surface area (Å²) in [5.41, 5.74) is 1.17. The molecule has 0 spiro atoms. The van der Waals surface area contributed by atoms with E-state index in [0.29, 0.717) is 35.9 Å². The highest BCUT2D eigenvalue weighted by Gasteiger charge is 2.23. The summed E-state index contributed by atoms with van der Waals surface area (Å²) in [4.78, 5) is 25.0. The largest absolute Gasteiger partial charge is 0.493 e. The summed E-state index contributed by atoms with van der Waals surface area (Å²) in [6.45, 7) is 2.53. The van der Waals surface area contributed by atoms with Crippen molar-refractivity contribution >= 4 is 29.3 Å². The van der Waals surface area contributed by atoms with Gasteiger partial charge in [0.25, 0.3) is 5.91 Å². The first-order valence-electron chi connectivity index (χ1n) is 8.24. The van der Waals surface area contributed by atoms with Crippen LogP contribution in [0, 0.1) is 0 Å². The molecule has 3 rings (SSSR count). The van der Waals surface area contributed by atoms with Gasteiger partial charge in [-0.05, 0) is 37.3 Å². The zero-order chi connectivity index (χ0) is 18.5. The van der Waals surface area contributed by atoms with Crippen molar-refractivity contribution in [3.05, 3.63) is 48.0 Å². The minimum absolute atomic E-state index is 0.0507. The Morgan fingerprint density at radius 3 is 2.77 bits per heavy atom. The fourth-order valence-electron chi connectivity index (χ4n) is 2.52. The van der Waals surface area contributed by atoms with E-state index < -0.39 is 0 Å². The third kappa shape index (κ3) is 4.11. The molecular weight excluding hydrogens is 352 g/mol. The van der Waals surface area contributed by atoms with Crippen molar-refractivity contribution in [3.63, 3.8) is 0 Å². The van der Waals surface area contributed by atoms with Crippen LogP contribution in [-0.4, -0.2) is 37.3 Å². The molecule has 2 N–H and O–H groups in total. The SMILES string of the molecule is COc1ccccc1OCCNC(=O)c1ccc2c(c1)NC(=O)C(C)S2. The van der Waals surface area contributed by atoms with Gasteiger partial charge in [-0.2, -0.15) is 0 Å². The van der Waals surface area contributed by atoms with Crippen LogP contribution in [0.25, 0.3) is 0 Å². The molecule has 26 heavy (non-hydrogen) atoms. The molecule has 0 saturated heterocycles. The van der Waals surface area contributed by atoms with Gasteiger partial charge in [0, 0.05) is 10.5 Å². The van der Waals surface area contributed by atoms with E-state index in [2.05, 4.69) is 10.6 Å². The second kappa shape index (κ2) is 8.14. The molecule has 6 nitrogen and oxygen atoms in total. The standard InChI is InChI=1S/C19H20N2O4S/c1-12-18(22)21-14-11-13(7-8-17(14)26-12)19(23)20-9-10-25-16-6-4-3-5-15(16)24-2/h3-8,11-12H,9-10H2,1-2H3,(H,20,23)(H,21,22). The summed E-state index contributed by atoms with van der Waals surface area (Å²) < 4.78 is 10.8. The normalized spacial score (nSPS) is 15.6. The molecule has 1 aliphatic rings. The summed E-state index contributed by atoms with van der Waals surface area (Å²) in [6, 6.07) is 12.7. The van der Waals surface area contributed by atoms with E-state index in [9.17, 15) is 9.59 Å². The molecular formula is C19H20N2O4S. The van der Waals surface area contributed by atoms with Crippen LogP contribution in [0.5, 0.6) is 11.5 Å². The molecule has 0 fully saturated rings. The molecule has 2 aromatic carbocycles. The van der Waals surface area contributed by atoms with Gasteiger partial charge in [0.2, 0.25) is 5.91 Å². The van der Waals surface area contributed by atoms with Crippen LogP contribution in [-0.2, 0) is 4.79 Å². The zero-order valence-corrected chi connectivity index (χ0v) is 15.4. The van der Waals surface area contributed by atoms with Crippen molar-refractivity contribution in [2.24, 2.45) is 0 Å². The van der Waals surface area contributed by atoms with Gasteiger partial charge < -0.3 is 20.1 Å². The molecule has 1 heterocycles. The van der Waals surface area contributed by atoms with E-state index >= 15 is 0 Å². The Morgan fingerprint density at radius 1 is 1.23 bits per heavy atom. The van der Waals surface area contributed by atoms with Crippen LogP contribution < -0.4 is 20.1 Å². The highest BCUT2D eigenvalue weighted by Crippen LogP contribution is 2.35. The van der Waals surface area contributed by atoms with E-state index in [4.69, 9.17) is 9.47 Å². The maximum absolute atomic E-state index is 12.3. The Labute approximate surface area is 156 Å². The van der Waals surface area contributed by atoms with Crippen molar-refractivity contribution in [2.45, 2.75) is 17.1 Å². The number of methoxy groups -OCH3 is 1.